The minimum absolute atomic E-state index is 0.160. The fraction of sp³-hybridized carbons (Fsp3) is 0.148. The number of carbonyl (C=O) groups is 1. The number of anilines is 1. The maximum absolute atomic E-state index is 13.3. The molecule has 5 heteroatoms. The van der Waals surface area contributed by atoms with Crippen LogP contribution in [0.5, 0.6) is 0 Å². The van der Waals surface area contributed by atoms with Gasteiger partial charge in [-0.25, -0.2) is 9.18 Å². The number of amides is 2. The van der Waals surface area contributed by atoms with Gasteiger partial charge in [0, 0.05) is 30.7 Å². The Morgan fingerprint density at radius 2 is 1.56 bits per heavy atom. The predicted octanol–water partition coefficient (Wildman–Crippen LogP) is 6.22. The summed E-state index contributed by atoms with van der Waals surface area (Å²) in [6.45, 7) is 3.56. The van der Waals surface area contributed by atoms with Crippen molar-refractivity contribution in [2.75, 3.05) is 5.32 Å². The molecule has 0 aliphatic rings. The Labute approximate surface area is 187 Å². The van der Waals surface area contributed by atoms with Crippen LogP contribution >= 0.6 is 0 Å². The summed E-state index contributed by atoms with van der Waals surface area (Å²) in [5, 5.41) is 3.01. The predicted molar refractivity (Wildman–Crippen MR) is 126 cm³/mol. The first-order valence-corrected chi connectivity index (χ1v) is 10.6. The smallest absolute Gasteiger partial charge is 0.322 e. The van der Waals surface area contributed by atoms with Crippen LogP contribution in [-0.4, -0.2) is 15.5 Å². The van der Waals surface area contributed by atoms with E-state index in [9.17, 15) is 9.18 Å². The molecule has 0 fully saturated rings. The highest BCUT2D eigenvalue weighted by Crippen LogP contribution is 2.16. The standard InChI is InChI=1S/C27H26FN3O/c1-21-9-15-25(16-10-21)29-27(32)31(19-22-6-3-2-4-7-22)20-26-8-5-17-30(26)18-23-11-13-24(28)14-12-23/h2-17H,18-20H2,1H3,(H,29,32). The van der Waals surface area contributed by atoms with E-state index < -0.39 is 0 Å². The molecule has 0 atom stereocenters. The highest BCUT2D eigenvalue weighted by Gasteiger charge is 2.17. The first kappa shape index (κ1) is 21.4. The van der Waals surface area contributed by atoms with E-state index in [-0.39, 0.29) is 11.8 Å². The molecule has 0 radical (unpaired) electrons. The highest BCUT2D eigenvalue weighted by atomic mass is 19.1. The molecule has 4 rings (SSSR count). The van der Waals surface area contributed by atoms with Crippen molar-refractivity contribution >= 4 is 11.7 Å². The molecule has 1 N–H and O–H groups in total. The molecule has 0 saturated carbocycles. The van der Waals surface area contributed by atoms with Gasteiger partial charge in [-0.2, -0.15) is 0 Å². The molecule has 3 aromatic carbocycles. The van der Waals surface area contributed by atoms with Crippen molar-refractivity contribution in [3.63, 3.8) is 0 Å². The molecule has 4 aromatic rings. The van der Waals surface area contributed by atoms with Crippen molar-refractivity contribution in [3.8, 4) is 0 Å². The second-order valence-electron chi connectivity index (χ2n) is 7.89. The van der Waals surface area contributed by atoms with Gasteiger partial charge >= 0.3 is 6.03 Å². The SMILES string of the molecule is Cc1ccc(NC(=O)N(Cc2ccccc2)Cc2cccn2Cc2ccc(F)cc2)cc1. The van der Waals surface area contributed by atoms with E-state index >= 15 is 0 Å². The molecule has 32 heavy (non-hydrogen) atoms. The van der Waals surface area contributed by atoms with E-state index in [1.54, 1.807) is 17.0 Å². The van der Waals surface area contributed by atoms with Gasteiger partial charge in [-0.05, 0) is 54.4 Å². The van der Waals surface area contributed by atoms with E-state index in [4.69, 9.17) is 0 Å². The lowest BCUT2D eigenvalue weighted by molar-refractivity contribution is 0.205. The van der Waals surface area contributed by atoms with Crippen LogP contribution in [0.1, 0.15) is 22.4 Å². The van der Waals surface area contributed by atoms with Gasteiger partial charge in [0.1, 0.15) is 5.82 Å². The summed E-state index contributed by atoms with van der Waals surface area (Å²) in [5.74, 6) is -0.247. The summed E-state index contributed by atoms with van der Waals surface area (Å²) in [6, 6.07) is 28.0. The molecule has 0 aliphatic heterocycles. The quantitative estimate of drug-likeness (QED) is 0.374. The van der Waals surface area contributed by atoms with Gasteiger partial charge in [0.05, 0.1) is 6.54 Å². The monoisotopic (exact) mass is 427 g/mol. The molecule has 1 aromatic heterocycles. The Kier molecular flexibility index (Phi) is 6.66. The van der Waals surface area contributed by atoms with Gasteiger partial charge in [-0.1, -0.05) is 60.2 Å². The Hall–Kier alpha value is -3.86. The number of aromatic nitrogens is 1. The van der Waals surface area contributed by atoms with E-state index in [2.05, 4.69) is 9.88 Å². The molecule has 162 valence electrons. The molecule has 0 aliphatic carbocycles. The minimum atomic E-state index is -0.247. The maximum atomic E-state index is 13.3. The Morgan fingerprint density at radius 3 is 2.28 bits per heavy atom. The molecule has 0 spiro atoms. The number of nitrogens with one attached hydrogen (secondary N) is 1. The number of hydrogen-bond acceptors (Lipinski definition) is 1. The number of nitrogens with zero attached hydrogens (tertiary/aromatic N) is 2. The zero-order chi connectivity index (χ0) is 22.3. The van der Waals surface area contributed by atoms with Gasteiger partial charge in [-0.15, -0.1) is 0 Å². The second-order valence-corrected chi connectivity index (χ2v) is 7.89. The molecular weight excluding hydrogens is 401 g/mol. The first-order chi connectivity index (χ1) is 15.6. The maximum Gasteiger partial charge on any atom is 0.322 e. The Bertz CT molecular complexity index is 1150. The zero-order valence-corrected chi connectivity index (χ0v) is 18.0. The summed E-state index contributed by atoms with van der Waals surface area (Å²) >= 11 is 0. The normalized spacial score (nSPS) is 10.7. The van der Waals surface area contributed by atoms with Crippen LogP contribution in [-0.2, 0) is 19.6 Å². The molecule has 2 amide bonds. The van der Waals surface area contributed by atoms with Crippen LogP contribution in [0.3, 0.4) is 0 Å². The summed E-state index contributed by atoms with van der Waals surface area (Å²) < 4.78 is 15.3. The lowest BCUT2D eigenvalue weighted by atomic mass is 10.2. The zero-order valence-electron chi connectivity index (χ0n) is 18.0. The van der Waals surface area contributed by atoms with Crippen molar-refractivity contribution in [1.82, 2.24) is 9.47 Å². The van der Waals surface area contributed by atoms with Crippen molar-refractivity contribution in [2.45, 2.75) is 26.6 Å². The third-order valence-corrected chi connectivity index (χ3v) is 5.35. The fourth-order valence-electron chi connectivity index (χ4n) is 3.57. The topological polar surface area (TPSA) is 37.3 Å². The van der Waals surface area contributed by atoms with Crippen molar-refractivity contribution in [1.29, 1.82) is 0 Å². The number of aryl methyl sites for hydroxylation is 1. The van der Waals surface area contributed by atoms with E-state index in [1.807, 2.05) is 79.9 Å². The molecule has 0 saturated heterocycles. The van der Waals surface area contributed by atoms with Crippen LogP contribution in [0.25, 0.3) is 0 Å². The summed E-state index contributed by atoms with van der Waals surface area (Å²) in [6.07, 6.45) is 1.98. The molecule has 1 heterocycles. The fourth-order valence-corrected chi connectivity index (χ4v) is 3.57. The summed E-state index contributed by atoms with van der Waals surface area (Å²) in [5.41, 5.74) is 4.97. The first-order valence-electron chi connectivity index (χ1n) is 10.6. The van der Waals surface area contributed by atoms with E-state index in [1.165, 1.54) is 12.1 Å². The third kappa shape index (κ3) is 5.64. The summed E-state index contributed by atoms with van der Waals surface area (Å²) in [4.78, 5) is 15.0. The number of urea groups is 1. The average Bonchev–Trinajstić information content (AvgIpc) is 3.23. The number of benzene rings is 3. The van der Waals surface area contributed by atoms with E-state index in [0.29, 0.717) is 19.6 Å². The van der Waals surface area contributed by atoms with Crippen molar-refractivity contribution < 1.29 is 9.18 Å². The molecular formula is C27H26FN3O. The number of halogens is 1. The molecule has 4 nitrogen and oxygen atoms in total. The van der Waals surface area contributed by atoms with Crippen LogP contribution < -0.4 is 5.32 Å². The van der Waals surface area contributed by atoms with Gasteiger partial charge in [0.25, 0.3) is 0 Å². The Morgan fingerprint density at radius 1 is 0.844 bits per heavy atom. The average molecular weight is 428 g/mol. The number of carbonyl (C=O) groups excluding carboxylic acids is 1. The van der Waals surface area contributed by atoms with Gasteiger partial charge in [0.2, 0.25) is 0 Å². The largest absolute Gasteiger partial charge is 0.345 e. The van der Waals surface area contributed by atoms with Crippen LogP contribution in [0, 0.1) is 12.7 Å². The summed E-state index contributed by atoms with van der Waals surface area (Å²) in [7, 11) is 0. The highest BCUT2D eigenvalue weighted by molar-refractivity contribution is 5.89. The minimum Gasteiger partial charge on any atom is -0.345 e. The third-order valence-electron chi connectivity index (χ3n) is 5.35. The van der Waals surface area contributed by atoms with Gasteiger partial charge < -0.3 is 14.8 Å². The van der Waals surface area contributed by atoms with Crippen LogP contribution in [0.15, 0.2) is 97.2 Å². The van der Waals surface area contributed by atoms with Crippen LogP contribution in [0.2, 0.25) is 0 Å². The second kappa shape index (κ2) is 9.96. The number of hydrogen-bond donors (Lipinski definition) is 1. The van der Waals surface area contributed by atoms with E-state index in [0.717, 1.165) is 28.1 Å². The molecule has 0 unspecified atom stereocenters. The van der Waals surface area contributed by atoms with Gasteiger partial charge in [-0.3, -0.25) is 0 Å². The lowest BCUT2D eigenvalue weighted by Crippen LogP contribution is -2.34. The number of rotatable bonds is 7. The van der Waals surface area contributed by atoms with Crippen molar-refractivity contribution in [2.24, 2.45) is 0 Å². The Balaban J connectivity index is 1.53. The van der Waals surface area contributed by atoms with Gasteiger partial charge in [0.15, 0.2) is 0 Å². The van der Waals surface area contributed by atoms with Crippen molar-refractivity contribution in [3.05, 3.63) is 125 Å². The molecule has 0 bridgehead atoms. The van der Waals surface area contributed by atoms with Crippen LogP contribution in [0.4, 0.5) is 14.9 Å². The lowest BCUT2D eigenvalue weighted by Gasteiger charge is -2.24.